The number of carbonyl (C=O) groups is 1. The average molecular weight is 341 g/mol. The Morgan fingerprint density at radius 2 is 2.08 bits per heavy atom. The monoisotopic (exact) mass is 341 g/mol. The van der Waals surface area contributed by atoms with Gasteiger partial charge in [-0.3, -0.25) is 4.79 Å². The van der Waals surface area contributed by atoms with Crippen molar-refractivity contribution >= 4 is 17.3 Å². The maximum Gasteiger partial charge on any atom is 0.259 e. The summed E-state index contributed by atoms with van der Waals surface area (Å²) in [6.07, 6.45) is 3.98. The molecule has 1 aromatic rings. The minimum Gasteiger partial charge on any atom is -0.494 e. The van der Waals surface area contributed by atoms with Crippen molar-refractivity contribution < 1.29 is 9.53 Å². The Kier molecular flexibility index (Phi) is 6.81. The number of nitrogens with zero attached hydrogens (tertiary/aromatic N) is 1. The number of allylic oxidation sites excluding steroid dienone is 3. The molecule has 134 valence electrons. The highest BCUT2D eigenvalue weighted by Gasteiger charge is 2.18. The van der Waals surface area contributed by atoms with Gasteiger partial charge in [-0.15, -0.1) is 0 Å². The maximum atomic E-state index is 12.0. The first-order chi connectivity index (χ1) is 12.0. The van der Waals surface area contributed by atoms with E-state index in [2.05, 4.69) is 28.5 Å². The van der Waals surface area contributed by atoms with Crippen molar-refractivity contribution in [1.29, 1.82) is 0 Å². The highest BCUT2D eigenvalue weighted by Crippen LogP contribution is 2.26. The molecule has 1 aliphatic carbocycles. The Hall–Kier alpha value is -2.56. The van der Waals surface area contributed by atoms with E-state index in [0.29, 0.717) is 12.5 Å². The number of carbonyl (C=O) groups excluding carboxylic acids is 1. The van der Waals surface area contributed by atoms with Gasteiger partial charge in [0.05, 0.1) is 18.9 Å². The molecule has 1 amide bonds. The Morgan fingerprint density at radius 1 is 1.36 bits per heavy atom. The predicted molar refractivity (Wildman–Crippen MR) is 103 cm³/mol. The summed E-state index contributed by atoms with van der Waals surface area (Å²) in [5, 5.41) is 7.37. The van der Waals surface area contributed by atoms with Gasteiger partial charge in [-0.25, -0.2) is 5.43 Å². The molecule has 2 rings (SSSR count). The van der Waals surface area contributed by atoms with Gasteiger partial charge < -0.3 is 10.1 Å². The molecule has 1 atom stereocenters. The summed E-state index contributed by atoms with van der Waals surface area (Å²) in [7, 11) is 0. The van der Waals surface area contributed by atoms with Crippen LogP contribution in [0.3, 0.4) is 0 Å². The molecule has 0 saturated carbocycles. The van der Waals surface area contributed by atoms with Gasteiger partial charge in [0.25, 0.3) is 5.91 Å². The second-order valence-corrected chi connectivity index (χ2v) is 6.27. The first-order valence-corrected chi connectivity index (χ1v) is 8.64. The Bertz CT molecular complexity index is 675. The number of amides is 1. The van der Waals surface area contributed by atoms with Crippen LogP contribution in [0.1, 0.15) is 33.6 Å². The Balaban J connectivity index is 1.84. The smallest absolute Gasteiger partial charge is 0.259 e. The third kappa shape index (κ3) is 5.78. The number of benzene rings is 1. The van der Waals surface area contributed by atoms with Gasteiger partial charge in [0.15, 0.2) is 0 Å². The summed E-state index contributed by atoms with van der Waals surface area (Å²) in [4.78, 5) is 12.0. The van der Waals surface area contributed by atoms with Crippen molar-refractivity contribution in [3.05, 3.63) is 48.1 Å². The van der Waals surface area contributed by atoms with Gasteiger partial charge in [0.2, 0.25) is 0 Å². The molecule has 0 bridgehead atoms. The van der Waals surface area contributed by atoms with E-state index in [0.717, 1.165) is 41.1 Å². The van der Waals surface area contributed by atoms with Crippen LogP contribution in [0.25, 0.3) is 0 Å². The van der Waals surface area contributed by atoms with Gasteiger partial charge in [-0.2, -0.15) is 5.10 Å². The molecule has 0 aromatic heterocycles. The van der Waals surface area contributed by atoms with E-state index in [1.807, 2.05) is 45.0 Å². The molecule has 0 saturated heterocycles. The van der Waals surface area contributed by atoms with Gasteiger partial charge >= 0.3 is 0 Å². The minimum absolute atomic E-state index is 0.164. The lowest BCUT2D eigenvalue weighted by molar-refractivity contribution is -0.119. The predicted octanol–water partition coefficient (Wildman–Crippen LogP) is 3.90. The summed E-state index contributed by atoms with van der Waals surface area (Å²) >= 11 is 0. The number of hydrogen-bond donors (Lipinski definition) is 2. The molecule has 0 aliphatic heterocycles. The zero-order valence-corrected chi connectivity index (χ0v) is 15.3. The van der Waals surface area contributed by atoms with Crippen LogP contribution in [0, 0.1) is 5.92 Å². The van der Waals surface area contributed by atoms with Gasteiger partial charge in [-0.05, 0) is 69.4 Å². The van der Waals surface area contributed by atoms with E-state index < -0.39 is 0 Å². The largest absolute Gasteiger partial charge is 0.494 e. The molecule has 25 heavy (non-hydrogen) atoms. The van der Waals surface area contributed by atoms with Crippen LogP contribution >= 0.6 is 0 Å². The van der Waals surface area contributed by atoms with E-state index in [4.69, 9.17) is 4.74 Å². The quantitative estimate of drug-likeness (QED) is 0.584. The molecule has 0 radical (unpaired) electrons. The summed E-state index contributed by atoms with van der Waals surface area (Å²) in [5.41, 5.74) is 6.70. The molecule has 2 N–H and O–H groups in total. The van der Waals surface area contributed by atoms with Crippen molar-refractivity contribution in [2.75, 3.05) is 18.5 Å². The van der Waals surface area contributed by atoms with E-state index in [1.54, 1.807) is 0 Å². The molecular weight excluding hydrogens is 314 g/mol. The van der Waals surface area contributed by atoms with E-state index in [-0.39, 0.29) is 12.5 Å². The fourth-order valence-electron chi connectivity index (χ4n) is 2.61. The summed E-state index contributed by atoms with van der Waals surface area (Å²) in [6, 6.07) is 7.51. The number of anilines is 1. The molecule has 5 heteroatoms. The second-order valence-electron chi connectivity index (χ2n) is 6.27. The fourth-order valence-corrected chi connectivity index (χ4v) is 2.61. The summed E-state index contributed by atoms with van der Waals surface area (Å²) < 4.78 is 5.39. The van der Waals surface area contributed by atoms with Crippen LogP contribution < -0.4 is 15.5 Å². The zero-order chi connectivity index (χ0) is 18.2. The van der Waals surface area contributed by atoms with Crippen LogP contribution in [-0.2, 0) is 4.79 Å². The maximum absolute atomic E-state index is 12.0. The number of nitrogens with one attached hydrogen (secondary N) is 2. The topological polar surface area (TPSA) is 62.7 Å². The number of ether oxygens (including phenoxy) is 1. The highest BCUT2D eigenvalue weighted by molar-refractivity contribution is 6.01. The summed E-state index contributed by atoms with van der Waals surface area (Å²) in [5.74, 6) is 1.04. The average Bonchev–Trinajstić information content (AvgIpc) is 2.60. The van der Waals surface area contributed by atoms with Gasteiger partial charge in [0, 0.05) is 5.69 Å². The van der Waals surface area contributed by atoms with Crippen molar-refractivity contribution in [1.82, 2.24) is 5.43 Å². The first-order valence-electron chi connectivity index (χ1n) is 8.64. The minimum atomic E-state index is -0.174. The molecular formula is C20H27N3O2. The van der Waals surface area contributed by atoms with Gasteiger partial charge in [0.1, 0.15) is 5.75 Å². The van der Waals surface area contributed by atoms with Crippen LogP contribution in [0.4, 0.5) is 5.69 Å². The van der Waals surface area contributed by atoms with Crippen molar-refractivity contribution in [2.24, 2.45) is 11.0 Å². The third-order valence-electron chi connectivity index (χ3n) is 4.23. The SMILES string of the molecule is C=C(C)C1CC=C(C)/C(=N\NC(=O)CNc2ccc(OCC)cc2)C1. The van der Waals surface area contributed by atoms with E-state index >= 15 is 0 Å². The number of hydrazone groups is 1. The first kappa shape index (κ1) is 18.8. The summed E-state index contributed by atoms with van der Waals surface area (Å²) in [6.45, 7) is 10.8. The van der Waals surface area contributed by atoms with Crippen molar-refractivity contribution in [3.63, 3.8) is 0 Å². The molecule has 1 aliphatic rings. The normalized spacial score (nSPS) is 18.4. The molecule has 1 unspecified atom stereocenters. The van der Waals surface area contributed by atoms with Crippen LogP contribution in [-0.4, -0.2) is 24.8 Å². The molecule has 5 nitrogen and oxygen atoms in total. The fraction of sp³-hybridized carbons (Fsp3) is 0.400. The highest BCUT2D eigenvalue weighted by atomic mass is 16.5. The Morgan fingerprint density at radius 3 is 2.72 bits per heavy atom. The van der Waals surface area contributed by atoms with Crippen LogP contribution in [0.15, 0.2) is 53.2 Å². The van der Waals surface area contributed by atoms with Crippen molar-refractivity contribution in [2.45, 2.75) is 33.6 Å². The lowest BCUT2D eigenvalue weighted by Gasteiger charge is -2.22. The molecule has 0 heterocycles. The van der Waals surface area contributed by atoms with Gasteiger partial charge in [-0.1, -0.05) is 18.2 Å². The van der Waals surface area contributed by atoms with Crippen LogP contribution in [0.2, 0.25) is 0 Å². The van der Waals surface area contributed by atoms with Crippen LogP contribution in [0.5, 0.6) is 5.75 Å². The van der Waals surface area contributed by atoms with Crippen molar-refractivity contribution in [3.8, 4) is 5.75 Å². The number of hydrogen-bond acceptors (Lipinski definition) is 4. The lowest BCUT2D eigenvalue weighted by Crippen LogP contribution is -2.28. The Labute approximate surface area is 149 Å². The standard InChI is InChI=1S/C20H27N3O2/c1-5-25-18-10-8-17(9-11-18)21-13-20(24)23-22-19-12-16(14(2)3)7-6-15(19)4/h6,8-11,16,21H,2,5,7,12-13H2,1,3-4H3,(H,23,24)/b22-19-. The molecule has 0 spiro atoms. The molecule has 0 fully saturated rings. The van der Waals surface area contributed by atoms with E-state index in [9.17, 15) is 4.79 Å². The third-order valence-corrected chi connectivity index (χ3v) is 4.23. The second kappa shape index (κ2) is 9.06. The zero-order valence-electron chi connectivity index (χ0n) is 15.3. The number of rotatable bonds is 7. The lowest BCUT2D eigenvalue weighted by atomic mass is 9.85. The van der Waals surface area contributed by atoms with E-state index in [1.165, 1.54) is 0 Å². The molecule has 1 aromatic carbocycles.